The monoisotopic (exact) mass is 474 g/mol. The van der Waals surface area contributed by atoms with E-state index in [1.165, 1.54) is 5.56 Å². The average Bonchev–Trinajstić information content (AvgIpc) is 3.43. The van der Waals surface area contributed by atoms with E-state index in [0.717, 1.165) is 50.5 Å². The molecule has 0 bridgehead atoms. The van der Waals surface area contributed by atoms with E-state index in [-0.39, 0.29) is 29.9 Å². The molecule has 6 nitrogen and oxygen atoms in total. The Morgan fingerprint density at radius 3 is 2.73 bits per heavy atom. The lowest BCUT2D eigenvalue weighted by Gasteiger charge is -2.12. The van der Waals surface area contributed by atoms with Crippen LogP contribution < -0.4 is 20.7 Å². The largest absolute Gasteiger partial charge is 0.496 e. The molecule has 1 saturated carbocycles. The second-order valence-corrected chi connectivity index (χ2v) is 6.19. The number of rotatable bonds is 10. The molecule has 0 atom stereocenters. The molecule has 0 unspecified atom stereocenters. The van der Waals surface area contributed by atoms with Gasteiger partial charge in [-0.2, -0.15) is 0 Å². The zero-order valence-electron chi connectivity index (χ0n) is 15.7. The molecular weight excluding hydrogens is 443 g/mol. The molecule has 3 N–H and O–H groups in total. The van der Waals surface area contributed by atoms with E-state index >= 15 is 0 Å². The SMILES string of the molecule is CCNC(=NCCCC(=O)NC1CC1)NCCc1ccccc1OC.I. The zero-order chi connectivity index (χ0) is 17.9. The fraction of sp³-hybridized carbons (Fsp3) is 0.579. The molecule has 1 aliphatic rings. The van der Waals surface area contributed by atoms with Crippen molar-refractivity contribution in [3.63, 3.8) is 0 Å². The molecule has 2 rings (SSSR count). The maximum atomic E-state index is 11.7. The quantitative estimate of drug-likeness (QED) is 0.211. The molecular formula is C19H31IN4O2. The number of carbonyl (C=O) groups is 1. The number of guanidine groups is 1. The van der Waals surface area contributed by atoms with Crippen LogP contribution in [0.5, 0.6) is 5.75 Å². The molecule has 0 saturated heterocycles. The van der Waals surface area contributed by atoms with Crippen LogP contribution in [0.3, 0.4) is 0 Å². The van der Waals surface area contributed by atoms with Crippen molar-refractivity contribution in [3.05, 3.63) is 29.8 Å². The third-order valence-electron chi connectivity index (χ3n) is 4.00. The Bertz CT molecular complexity index is 576. The summed E-state index contributed by atoms with van der Waals surface area (Å²) in [7, 11) is 1.69. The van der Waals surface area contributed by atoms with Gasteiger partial charge in [-0.15, -0.1) is 24.0 Å². The molecule has 1 aromatic carbocycles. The highest BCUT2D eigenvalue weighted by molar-refractivity contribution is 14.0. The Kier molecular flexibility index (Phi) is 11.1. The van der Waals surface area contributed by atoms with Crippen LogP contribution in [0, 0.1) is 0 Å². The summed E-state index contributed by atoms with van der Waals surface area (Å²) in [6.07, 6.45) is 4.43. The van der Waals surface area contributed by atoms with Gasteiger partial charge in [-0.05, 0) is 44.2 Å². The highest BCUT2D eigenvalue weighted by atomic mass is 127. The number of amides is 1. The third kappa shape index (κ3) is 8.73. The van der Waals surface area contributed by atoms with Gasteiger partial charge in [0, 0.05) is 32.1 Å². The van der Waals surface area contributed by atoms with Gasteiger partial charge < -0.3 is 20.7 Å². The smallest absolute Gasteiger partial charge is 0.220 e. The van der Waals surface area contributed by atoms with E-state index in [9.17, 15) is 4.79 Å². The molecule has 7 heteroatoms. The number of benzene rings is 1. The molecule has 0 aliphatic heterocycles. The number of methoxy groups -OCH3 is 1. The minimum atomic E-state index is 0. The molecule has 0 heterocycles. The van der Waals surface area contributed by atoms with Gasteiger partial charge in [0.15, 0.2) is 5.96 Å². The third-order valence-corrected chi connectivity index (χ3v) is 4.00. The lowest BCUT2D eigenvalue weighted by molar-refractivity contribution is -0.121. The van der Waals surface area contributed by atoms with E-state index in [1.807, 2.05) is 25.1 Å². The van der Waals surface area contributed by atoms with Crippen molar-refractivity contribution in [2.75, 3.05) is 26.7 Å². The topological polar surface area (TPSA) is 74.8 Å². The fourth-order valence-electron chi connectivity index (χ4n) is 2.52. The summed E-state index contributed by atoms with van der Waals surface area (Å²) in [5.41, 5.74) is 1.17. The van der Waals surface area contributed by atoms with Crippen LogP contribution in [-0.2, 0) is 11.2 Å². The van der Waals surface area contributed by atoms with Crippen LogP contribution in [0.1, 0.15) is 38.2 Å². The van der Waals surface area contributed by atoms with Gasteiger partial charge >= 0.3 is 0 Å². The maximum absolute atomic E-state index is 11.7. The predicted octanol–water partition coefficient (Wildman–Crippen LogP) is 2.47. The Hall–Kier alpha value is -1.51. The van der Waals surface area contributed by atoms with Gasteiger partial charge in [-0.25, -0.2) is 0 Å². The summed E-state index contributed by atoms with van der Waals surface area (Å²) in [4.78, 5) is 16.2. The maximum Gasteiger partial charge on any atom is 0.220 e. The number of nitrogens with one attached hydrogen (secondary N) is 3. The molecule has 1 fully saturated rings. The Balaban J connectivity index is 0.00000338. The summed E-state index contributed by atoms with van der Waals surface area (Å²) in [5.74, 6) is 1.85. The van der Waals surface area contributed by atoms with Crippen molar-refractivity contribution in [1.82, 2.24) is 16.0 Å². The number of ether oxygens (including phenoxy) is 1. The molecule has 146 valence electrons. The second kappa shape index (κ2) is 12.8. The number of nitrogens with zero attached hydrogens (tertiary/aromatic N) is 1. The normalized spacial score (nSPS) is 13.5. The average molecular weight is 474 g/mol. The highest BCUT2D eigenvalue weighted by Crippen LogP contribution is 2.18. The van der Waals surface area contributed by atoms with Crippen molar-refractivity contribution in [2.24, 2.45) is 4.99 Å². The van der Waals surface area contributed by atoms with Crippen molar-refractivity contribution in [1.29, 1.82) is 0 Å². The Labute approximate surface area is 173 Å². The van der Waals surface area contributed by atoms with Crippen molar-refractivity contribution in [3.8, 4) is 5.75 Å². The number of para-hydroxylation sites is 1. The molecule has 1 aromatic rings. The molecule has 26 heavy (non-hydrogen) atoms. The molecule has 0 radical (unpaired) electrons. The number of hydrogen-bond acceptors (Lipinski definition) is 3. The number of aliphatic imine (C=N–C) groups is 1. The summed E-state index contributed by atoms with van der Waals surface area (Å²) in [5, 5.41) is 9.57. The van der Waals surface area contributed by atoms with Gasteiger partial charge in [0.25, 0.3) is 0 Å². The van der Waals surface area contributed by atoms with Crippen LogP contribution in [0.25, 0.3) is 0 Å². The van der Waals surface area contributed by atoms with Crippen LogP contribution >= 0.6 is 24.0 Å². The first kappa shape index (κ1) is 22.5. The minimum Gasteiger partial charge on any atom is -0.496 e. The van der Waals surface area contributed by atoms with Crippen LogP contribution in [0.4, 0.5) is 0 Å². The van der Waals surface area contributed by atoms with Gasteiger partial charge in [-0.1, -0.05) is 18.2 Å². The number of halogens is 1. The lowest BCUT2D eigenvalue weighted by atomic mass is 10.1. The van der Waals surface area contributed by atoms with Crippen LogP contribution in [-0.4, -0.2) is 44.7 Å². The molecule has 1 aliphatic carbocycles. The van der Waals surface area contributed by atoms with E-state index in [2.05, 4.69) is 27.0 Å². The summed E-state index contributed by atoms with van der Waals surface area (Å²) >= 11 is 0. The number of carbonyl (C=O) groups excluding carboxylic acids is 1. The van der Waals surface area contributed by atoms with Crippen LogP contribution in [0.15, 0.2) is 29.3 Å². The fourth-order valence-corrected chi connectivity index (χ4v) is 2.52. The predicted molar refractivity (Wildman–Crippen MR) is 116 cm³/mol. The first-order chi connectivity index (χ1) is 12.2. The summed E-state index contributed by atoms with van der Waals surface area (Å²) in [6, 6.07) is 8.47. The molecule has 0 aromatic heterocycles. The van der Waals surface area contributed by atoms with Crippen molar-refractivity contribution >= 4 is 35.8 Å². The highest BCUT2D eigenvalue weighted by Gasteiger charge is 2.22. The van der Waals surface area contributed by atoms with Crippen molar-refractivity contribution < 1.29 is 9.53 Å². The van der Waals surface area contributed by atoms with E-state index in [4.69, 9.17) is 4.74 Å². The second-order valence-electron chi connectivity index (χ2n) is 6.19. The van der Waals surface area contributed by atoms with Gasteiger partial charge in [-0.3, -0.25) is 9.79 Å². The number of hydrogen-bond donors (Lipinski definition) is 3. The van der Waals surface area contributed by atoms with E-state index in [0.29, 0.717) is 19.0 Å². The Morgan fingerprint density at radius 2 is 2.04 bits per heavy atom. The first-order valence-electron chi connectivity index (χ1n) is 9.16. The molecule has 1 amide bonds. The van der Waals surface area contributed by atoms with E-state index < -0.39 is 0 Å². The summed E-state index contributed by atoms with van der Waals surface area (Å²) in [6.45, 7) is 4.26. The van der Waals surface area contributed by atoms with Gasteiger partial charge in [0.2, 0.25) is 5.91 Å². The Morgan fingerprint density at radius 1 is 1.27 bits per heavy atom. The standard InChI is InChI=1S/C19H30N4O2.HI/c1-3-20-19(21-13-6-9-18(24)23-16-10-11-16)22-14-12-15-7-4-5-8-17(15)25-2;/h4-5,7-8,16H,3,6,9-14H2,1-2H3,(H,23,24)(H2,20,21,22);1H. The van der Waals surface area contributed by atoms with Gasteiger partial charge in [0.1, 0.15) is 5.75 Å². The van der Waals surface area contributed by atoms with Crippen LogP contribution in [0.2, 0.25) is 0 Å². The van der Waals surface area contributed by atoms with Gasteiger partial charge in [0.05, 0.1) is 7.11 Å². The lowest BCUT2D eigenvalue weighted by Crippen LogP contribution is -2.38. The molecule has 0 spiro atoms. The minimum absolute atomic E-state index is 0. The summed E-state index contributed by atoms with van der Waals surface area (Å²) < 4.78 is 5.37. The first-order valence-corrected chi connectivity index (χ1v) is 9.16. The zero-order valence-corrected chi connectivity index (χ0v) is 18.0. The van der Waals surface area contributed by atoms with Crippen molar-refractivity contribution in [2.45, 2.75) is 45.1 Å². The van der Waals surface area contributed by atoms with E-state index in [1.54, 1.807) is 7.11 Å².